The highest BCUT2D eigenvalue weighted by atomic mass is 32.2. The van der Waals surface area contributed by atoms with Crippen LogP contribution in [0, 0.1) is 0 Å². The van der Waals surface area contributed by atoms with Crippen molar-refractivity contribution in [2.75, 3.05) is 48.9 Å². The van der Waals surface area contributed by atoms with Crippen LogP contribution in [0.1, 0.15) is 16.1 Å². The zero-order valence-electron chi connectivity index (χ0n) is 16.3. The highest BCUT2D eigenvalue weighted by Crippen LogP contribution is 2.35. The van der Waals surface area contributed by atoms with Gasteiger partial charge in [0.25, 0.3) is 5.91 Å². The first-order valence-corrected chi connectivity index (χ1v) is 11.6. The monoisotopic (exact) mass is 462 g/mol. The Balaban J connectivity index is 1.85. The molecule has 3 rings (SSSR count). The molecule has 7 nitrogen and oxygen atoms in total. The fourth-order valence-electron chi connectivity index (χ4n) is 2.98. The third-order valence-electron chi connectivity index (χ3n) is 4.56. The number of halogens is 3. The Morgan fingerprint density at radius 1 is 1.20 bits per heavy atom. The molecule has 1 aromatic carbocycles. The average Bonchev–Trinajstić information content (AvgIpc) is 3.19. The van der Waals surface area contributed by atoms with Crippen molar-refractivity contribution in [1.29, 1.82) is 0 Å². The van der Waals surface area contributed by atoms with Gasteiger partial charge < -0.3 is 15.2 Å². The largest absolute Gasteiger partial charge is 0.416 e. The molecule has 2 aromatic rings. The minimum absolute atomic E-state index is 0.0353. The minimum Gasteiger partial charge on any atom is -0.376 e. The van der Waals surface area contributed by atoms with E-state index >= 15 is 0 Å². The number of benzene rings is 1. The standard InChI is InChI=1S/C18H21F3N4O3S2/c1-24(2)16-4-3-12(18(19,20)21)9-14(16)23-17(26)15-10-13(11-22-15)30(27,28)25-5-7-29-8-6-25/h3-4,9-11,22H,5-8H2,1-2H3,(H,23,26). The molecule has 1 amide bonds. The topological polar surface area (TPSA) is 85.5 Å². The van der Waals surface area contributed by atoms with E-state index in [2.05, 4.69) is 10.3 Å². The van der Waals surface area contributed by atoms with Crippen LogP contribution in [0.4, 0.5) is 24.5 Å². The summed E-state index contributed by atoms with van der Waals surface area (Å²) in [5.74, 6) is 0.646. The number of hydrogen-bond donors (Lipinski definition) is 2. The maximum atomic E-state index is 13.1. The molecule has 1 aliphatic heterocycles. The number of sulfonamides is 1. The maximum Gasteiger partial charge on any atom is 0.416 e. The molecule has 0 unspecified atom stereocenters. The normalized spacial score (nSPS) is 15.8. The van der Waals surface area contributed by atoms with Crippen LogP contribution in [0.5, 0.6) is 0 Å². The summed E-state index contributed by atoms with van der Waals surface area (Å²) < 4.78 is 66.0. The molecule has 30 heavy (non-hydrogen) atoms. The van der Waals surface area contributed by atoms with Crippen LogP contribution < -0.4 is 10.2 Å². The zero-order valence-corrected chi connectivity index (χ0v) is 17.9. The first kappa shape index (κ1) is 22.5. The van der Waals surface area contributed by atoms with E-state index in [4.69, 9.17) is 0 Å². The second-order valence-electron chi connectivity index (χ2n) is 6.84. The van der Waals surface area contributed by atoms with Gasteiger partial charge in [0.2, 0.25) is 10.0 Å². The number of hydrogen-bond acceptors (Lipinski definition) is 5. The summed E-state index contributed by atoms with van der Waals surface area (Å²) in [7, 11) is -0.477. The van der Waals surface area contributed by atoms with Gasteiger partial charge >= 0.3 is 6.18 Å². The molecule has 0 spiro atoms. The van der Waals surface area contributed by atoms with Gasteiger partial charge in [-0.25, -0.2) is 8.42 Å². The highest BCUT2D eigenvalue weighted by molar-refractivity contribution is 7.99. The van der Waals surface area contributed by atoms with Gasteiger partial charge in [-0.05, 0) is 24.3 Å². The molecule has 2 N–H and O–H groups in total. The van der Waals surface area contributed by atoms with Gasteiger partial charge in [0.1, 0.15) is 10.6 Å². The van der Waals surface area contributed by atoms with Gasteiger partial charge in [0.05, 0.1) is 16.9 Å². The van der Waals surface area contributed by atoms with E-state index in [9.17, 15) is 26.4 Å². The Kier molecular flexibility index (Phi) is 6.39. The van der Waals surface area contributed by atoms with Crippen LogP contribution in [0.25, 0.3) is 0 Å². The molecule has 1 saturated heterocycles. The molecular weight excluding hydrogens is 441 g/mol. The summed E-state index contributed by atoms with van der Waals surface area (Å²) in [5.41, 5.74) is -0.628. The summed E-state index contributed by atoms with van der Waals surface area (Å²) in [4.78, 5) is 16.7. The Labute approximate surface area is 176 Å². The lowest BCUT2D eigenvalue weighted by Gasteiger charge is -2.24. The van der Waals surface area contributed by atoms with Gasteiger partial charge in [0.15, 0.2) is 0 Å². The lowest BCUT2D eigenvalue weighted by Crippen LogP contribution is -2.37. The molecule has 0 atom stereocenters. The second kappa shape index (κ2) is 8.52. The van der Waals surface area contributed by atoms with Crippen LogP contribution in [-0.4, -0.2) is 62.3 Å². The number of rotatable bonds is 5. The lowest BCUT2D eigenvalue weighted by molar-refractivity contribution is -0.137. The quantitative estimate of drug-likeness (QED) is 0.713. The van der Waals surface area contributed by atoms with Gasteiger partial charge in [-0.15, -0.1) is 0 Å². The van der Waals surface area contributed by atoms with E-state index in [1.807, 2.05) is 0 Å². The summed E-state index contributed by atoms with van der Waals surface area (Å²) in [6, 6.07) is 4.23. The van der Waals surface area contributed by atoms with E-state index < -0.39 is 27.7 Å². The molecule has 0 aliphatic carbocycles. The predicted octanol–water partition coefficient (Wildman–Crippen LogP) is 3.09. The van der Waals surface area contributed by atoms with Crippen LogP contribution in [0.15, 0.2) is 35.4 Å². The van der Waals surface area contributed by atoms with Crippen LogP contribution in [-0.2, 0) is 16.2 Å². The minimum atomic E-state index is -4.56. The Morgan fingerprint density at radius 3 is 2.47 bits per heavy atom. The summed E-state index contributed by atoms with van der Waals surface area (Å²) in [6.45, 7) is 0.770. The van der Waals surface area contributed by atoms with Crippen molar-refractivity contribution in [3.63, 3.8) is 0 Å². The molecule has 1 aliphatic rings. The van der Waals surface area contributed by atoms with E-state index in [-0.39, 0.29) is 16.3 Å². The average molecular weight is 463 g/mol. The molecule has 1 aromatic heterocycles. The number of thioether (sulfide) groups is 1. The van der Waals surface area contributed by atoms with E-state index in [1.165, 1.54) is 22.6 Å². The molecule has 164 valence electrons. The molecule has 0 radical (unpaired) electrons. The van der Waals surface area contributed by atoms with Gasteiger partial charge in [-0.2, -0.15) is 29.2 Å². The molecule has 1 fully saturated rings. The Hall–Kier alpha value is -2.18. The Morgan fingerprint density at radius 2 is 1.87 bits per heavy atom. The zero-order chi connectivity index (χ0) is 22.1. The number of alkyl halides is 3. The maximum absolute atomic E-state index is 13.1. The van der Waals surface area contributed by atoms with Crippen molar-refractivity contribution >= 4 is 39.1 Å². The van der Waals surface area contributed by atoms with Crippen molar-refractivity contribution in [3.8, 4) is 0 Å². The Bertz CT molecular complexity index is 1030. The van der Waals surface area contributed by atoms with Crippen molar-refractivity contribution < 1.29 is 26.4 Å². The fraction of sp³-hybridized carbons (Fsp3) is 0.389. The number of carbonyl (C=O) groups excluding carboxylic acids is 1. The third kappa shape index (κ3) is 4.76. The number of nitrogens with one attached hydrogen (secondary N) is 2. The van der Waals surface area contributed by atoms with Crippen molar-refractivity contribution in [1.82, 2.24) is 9.29 Å². The molecule has 12 heteroatoms. The third-order valence-corrected chi connectivity index (χ3v) is 7.38. The van der Waals surface area contributed by atoms with Crippen molar-refractivity contribution in [2.24, 2.45) is 0 Å². The van der Waals surface area contributed by atoms with Gasteiger partial charge in [0, 0.05) is 44.9 Å². The SMILES string of the molecule is CN(C)c1ccc(C(F)(F)F)cc1NC(=O)c1cc(S(=O)(=O)N2CCSCC2)c[nH]1. The number of aromatic nitrogens is 1. The van der Waals surface area contributed by atoms with Gasteiger partial charge in [-0.3, -0.25) is 4.79 Å². The lowest BCUT2D eigenvalue weighted by atomic mass is 10.1. The number of anilines is 2. The molecule has 2 heterocycles. The fourth-order valence-corrected chi connectivity index (χ4v) is 5.55. The number of H-pyrrole nitrogens is 1. The molecule has 0 saturated carbocycles. The van der Waals surface area contributed by atoms with Crippen LogP contribution in [0.2, 0.25) is 0 Å². The predicted molar refractivity (Wildman–Crippen MR) is 111 cm³/mol. The van der Waals surface area contributed by atoms with Gasteiger partial charge in [-0.1, -0.05) is 0 Å². The van der Waals surface area contributed by atoms with Crippen LogP contribution >= 0.6 is 11.8 Å². The molecule has 0 bridgehead atoms. The highest BCUT2D eigenvalue weighted by Gasteiger charge is 2.32. The second-order valence-corrected chi connectivity index (χ2v) is 10.0. The number of nitrogens with zero attached hydrogens (tertiary/aromatic N) is 2. The van der Waals surface area contributed by atoms with Crippen LogP contribution in [0.3, 0.4) is 0 Å². The smallest absolute Gasteiger partial charge is 0.376 e. The molecular formula is C18H21F3N4O3S2. The first-order chi connectivity index (χ1) is 14.0. The number of carbonyl (C=O) groups is 1. The van der Waals surface area contributed by atoms with E-state index in [0.717, 1.165) is 12.1 Å². The first-order valence-electron chi connectivity index (χ1n) is 8.96. The van der Waals surface area contributed by atoms with Crippen molar-refractivity contribution in [2.45, 2.75) is 11.1 Å². The summed E-state index contributed by atoms with van der Waals surface area (Å²) in [6.07, 6.45) is -3.35. The van der Waals surface area contributed by atoms with Crippen molar-refractivity contribution in [3.05, 3.63) is 41.7 Å². The number of amides is 1. The van der Waals surface area contributed by atoms with E-state index in [0.29, 0.717) is 30.3 Å². The van der Waals surface area contributed by atoms with E-state index in [1.54, 1.807) is 30.8 Å². The number of aromatic amines is 1. The summed E-state index contributed by atoms with van der Waals surface area (Å²) in [5, 5.41) is 2.44. The summed E-state index contributed by atoms with van der Waals surface area (Å²) >= 11 is 1.67.